The lowest BCUT2D eigenvalue weighted by Gasteiger charge is -2.41. The fourth-order valence-electron chi connectivity index (χ4n) is 7.39. The highest BCUT2D eigenvalue weighted by atomic mass is 32.5. The van der Waals surface area contributed by atoms with E-state index in [4.69, 9.17) is 59.4 Å². The monoisotopic (exact) mass is 1030 g/mol. The van der Waals surface area contributed by atoms with E-state index in [1.807, 2.05) is 39.9 Å². The van der Waals surface area contributed by atoms with Gasteiger partial charge in [-0.2, -0.15) is 5.26 Å². The smallest absolute Gasteiger partial charge is 0.406 e. The minimum atomic E-state index is -4.92. The van der Waals surface area contributed by atoms with Gasteiger partial charge in [-0.1, -0.05) is 50.3 Å². The first kappa shape index (κ1) is 50.3. The molecule has 3 aliphatic rings. The molecule has 24 nitrogen and oxygen atoms in total. The van der Waals surface area contributed by atoms with E-state index in [9.17, 15) is 24.7 Å². The van der Waals surface area contributed by atoms with Crippen molar-refractivity contribution < 1.29 is 59.7 Å². The molecule has 0 spiro atoms. The lowest BCUT2D eigenvalue weighted by atomic mass is 10.1. The molecule has 366 valence electrons. The van der Waals surface area contributed by atoms with Crippen LogP contribution in [0.15, 0.2) is 61.2 Å². The molecule has 0 bridgehead atoms. The quantitative estimate of drug-likeness (QED) is 0.0311. The number of imidazole rings is 1. The van der Waals surface area contributed by atoms with Crippen LogP contribution in [0.5, 0.6) is 0 Å². The first-order chi connectivity index (χ1) is 32.9. The van der Waals surface area contributed by atoms with Crippen molar-refractivity contribution in [2.45, 2.75) is 94.5 Å². The average Bonchev–Trinajstić information content (AvgIpc) is 4.09. The fourth-order valence-corrected chi connectivity index (χ4v) is 12.2. The number of nitro groups is 1. The molecular weight excluding hydrogens is 984 g/mol. The summed E-state index contributed by atoms with van der Waals surface area (Å²) in [5.41, 5.74) is 0.313. The van der Waals surface area contributed by atoms with Gasteiger partial charge in [0.25, 0.3) is 11.6 Å². The molecule has 3 fully saturated rings. The number of nitrogens with zero attached hydrogens (tertiary/aromatic N) is 10. The van der Waals surface area contributed by atoms with E-state index in [0.29, 0.717) is 5.56 Å². The number of rotatable bonds is 13. The highest BCUT2D eigenvalue weighted by Gasteiger charge is 2.57. The predicted molar refractivity (Wildman–Crippen MR) is 246 cm³/mol. The second kappa shape index (κ2) is 20.3. The number of ether oxygens (including phenoxy) is 2. The summed E-state index contributed by atoms with van der Waals surface area (Å²) in [7, 11) is -7.77. The van der Waals surface area contributed by atoms with Crippen molar-refractivity contribution in [3.05, 3.63) is 88.3 Å². The number of halogens is 1. The zero-order chi connectivity index (χ0) is 49.3. The number of carbonyl (C=O) groups excluding carboxylic acids is 1. The number of nitro benzene ring substituents is 1. The molecule has 1 amide bonds. The van der Waals surface area contributed by atoms with Crippen LogP contribution < -0.4 is 5.32 Å². The molecule has 3 aliphatic heterocycles. The molecule has 0 radical (unpaired) electrons. The molecule has 1 N–H and O–H groups in total. The van der Waals surface area contributed by atoms with Gasteiger partial charge in [0.2, 0.25) is 6.54 Å². The van der Waals surface area contributed by atoms with Crippen LogP contribution in [0, 0.1) is 28.0 Å². The second-order valence-electron chi connectivity index (χ2n) is 17.3. The summed E-state index contributed by atoms with van der Waals surface area (Å²) in [6.07, 6.45) is -10.0. The topological polar surface area (TPSA) is 275 Å². The van der Waals surface area contributed by atoms with Crippen LogP contribution in [0.25, 0.3) is 27.0 Å². The predicted octanol–water partition coefficient (Wildman–Crippen LogP) is 6.97. The average molecular weight is 1030 g/mol. The number of non-ortho nitro benzene ring substituents is 1. The maximum absolute atomic E-state index is 17.2. The zero-order valence-electron chi connectivity index (χ0n) is 37.6. The molecule has 8 rings (SSSR count). The number of hydrogen-bond donors (Lipinski definition) is 1. The number of amides is 1. The number of benzene rings is 2. The van der Waals surface area contributed by atoms with Crippen molar-refractivity contribution >= 4 is 74.3 Å². The molecule has 0 aliphatic carbocycles. The largest absolute Gasteiger partial charge is 0.475 e. The summed E-state index contributed by atoms with van der Waals surface area (Å²) >= 11 is 6.04. The van der Waals surface area contributed by atoms with Gasteiger partial charge in [0.15, 0.2) is 49.4 Å². The van der Waals surface area contributed by atoms with Gasteiger partial charge >= 0.3 is 14.5 Å². The lowest BCUT2D eigenvalue weighted by Crippen LogP contribution is -2.49. The standard InChI is InChI=1S/C40H46FN11O13P2SSi/c1-40(2,3)69(5,6)65-34-33-28(62-39(34)51-25-14-10-15-26(52(54)55)30(25)48-49-51)20-59-66(56,57-18-11-16-42)63-32-27(21-60-67(68,64-33)58-19-17-43-4)61-38(29(32)41)50-23-46-31-35(44-22-45-36(31)50)47-37(53)24-12-8-7-9-13-24/h7-10,12-15,22-23,27-29,32-34,38-39H,11,17-21H2,1-3,5-6H3,(H,44,45,47,53)/t27-,28-,29-,32-,33-,34-,38-,39-,66?,67?/m1/s1. The molecule has 0 saturated carbocycles. The number of hydrogen-bond acceptors (Lipinski definition) is 20. The van der Waals surface area contributed by atoms with Crippen LogP contribution in [-0.2, 0) is 57.4 Å². The third-order valence-electron chi connectivity index (χ3n) is 11.8. The summed E-state index contributed by atoms with van der Waals surface area (Å²) < 4.78 is 91.2. The molecule has 3 aromatic heterocycles. The van der Waals surface area contributed by atoms with Crippen LogP contribution in [0.3, 0.4) is 0 Å². The van der Waals surface area contributed by atoms with Crippen LogP contribution in [-0.4, -0.2) is 123 Å². The number of fused-ring (bicyclic) bond motifs is 4. The first-order valence-corrected chi connectivity index (χ1v) is 28.3. The van der Waals surface area contributed by atoms with E-state index in [0.717, 1.165) is 6.33 Å². The van der Waals surface area contributed by atoms with E-state index in [1.54, 1.807) is 36.4 Å². The summed E-state index contributed by atoms with van der Waals surface area (Å²) in [5.74, 6) is -0.465. The van der Waals surface area contributed by atoms with Crippen LogP contribution in [0.1, 0.15) is 50.0 Å². The molecule has 69 heavy (non-hydrogen) atoms. The Bertz CT molecular complexity index is 2900. The third-order valence-corrected chi connectivity index (χ3v) is 20.1. The number of nitriles is 1. The van der Waals surface area contributed by atoms with Crippen LogP contribution in [0.4, 0.5) is 15.9 Å². The minimum absolute atomic E-state index is 0.0226. The van der Waals surface area contributed by atoms with Gasteiger partial charge in [-0.25, -0.2) is 35.2 Å². The number of alkyl halides is 1. The van der Waals surface area contributed by atoms with E-state index in [2.05, 4.69) is 35.4 Å². The van der Waals surface area contributed by atoms with E-state index in [1.165, 1.54) is 27.7 Å². The van der Waals surface area contributed by atoms with Crippen molar-refractivity contribution in [1.82, 2.24) is 34.5 Å². The molecule has 2 aromatic carbocycles. The number of anilines is 1. The van der Waals surface area contributed by atoms with Gasteiger partial charge in [0.05, 0.1) is 49.1 Å². The van der Waals surface area contributed by atoms with Gasteiger partial charge < -0.3 is 33.1 Å². The summed E-state index contributed by atoms with van der Waals surface area (Å²) in [6.45, 7) is 11.1. The van der Waals surface area contributed by atoms with E-state index < -0.39 is 108 Å². The molecule has 3 saturated heterocycles. The Morgan fingerprint density at radius 2 is 1.78 bits per heavy atom. The number of carbonyl (C=O) groups is 1. The number of phosphoric ester groups is 1. The molecule has 2 unspecified atom stereocenters. The lowest BCUT2D eigenvalue weighted by molar-refractivity contribution is -0.383. The summed E-state index contributed by atoms with van der Waals surface area (Å²) in [4.78, 5) is 40.7. The minimum Gasteiger partial charge on any atom is -0.406 e. The van der Waals surface area contributed by atoms with Crippen molar-refractivity contribution in [2.24, 2.45) is 0 Å². The van der Waals surface area contributed by atoms with Crippen LogP contribution in [0.2, 0.25) is 18.1 Å². The van der Waals surface area contributed by atoms with Crippen molar-refractivity contribution in [3.8, 4) is 6.07 Å². The number of phosphoric acid groups is 1. The maximum Gasteiger partial charge on any atom is 0.475 e. The van der Waals surface area contributed by atoms with Gasteiger partial charge in [0, 0.05) is 11.6 Å². The molecule has 10 atom stereocenters. The molecule has 5 aromatic rings. The molecular formula is C40H46FN11O13P2SSi. The van der Waals surface area contributed by atoms with Gasteiger partial charge in [-0.05, 0) is 48.1 Å². The summed E-state index contributed by atoms with van der Waals surface area (Å²) in [6, 6.07) is 14.6. The SMILES string of the molecule is [C-]#[N+]CCOP1(=S)OC[C@H]2O[C@@H](n3cnc4c(NC(=O)c5ccccc5)ncnc43)[C@H](F)[C@@H]2OP(=O)(OCCC#N)OC[C@H]2O[C@@H](n3nnc4c([N+](=O)[O-])cccc43)[C@H](O[Si](C)(C)C(C)(C)C)[C@@H]2O1. The van der Waals surface area contributed by atoms with Crippen molar-refractivity contribution in [1.29, 1.82) is 5.26 Å². The Morgan fingerprint density at radius 1 is 1.04 bits per heavy atom. The van der Waals surface area contributed by atoms with Gasteiger partial charge in [-0.15, -0.1) is 5.10 Å². The van der Waals surface area contributed by atoms with Crippen molar-refractivity contribution in [3.63, 3.8) is 0 Å². The first-order valence-electron chi connectivity index (χ1n) is 21.4. The van der Waals surface area contributed by atoms with E-state index in [-0.39, 0.29) is 53.3 Å². The Labute approximate surface area is 399 Å². The normalized spacial score (nSPS) is 28.8. The van der Waals surface area contributed by atoms with E-state index >= 15 is 4.39 Å². The zero-order valence-corrected chi connectivity index (χ0v) is 41.2. The second-order valence-corrected chi connectivity index (χ2v) is 26.6. The molecule has 29 heteroatoms. The van der Waals surface area contributed by atoms with Gasteiger partial charge in [0.1, 0.15) is 43.5 Å². The summed E-state index contributed by atoms with van der Waals surface area (Å²) in [5, 5.41) is 32.1. The Balaban J connectivity index is 1.17. The highest BCUT2D eigenvalue weighted by Crippen LogP contribution is 2.59. The number of aromatic nitrogens is 7. The third kappa shape index (κ3) is 10.5. The Kier molecular flexibility index (Phi) is 14.8. The molecule has 6 heterocycles. The maximum atomic E-state index is 17.2. The highest BCUT2D eigenvalue weighted by molar-refractivity contribution is 8.07. The number of nitrogens with one attached hydrogen (secondary N) is 1. The Hall–Kier alpha value is -5.09. The fraction of sp³-hybridized carbons (Fsp3) is 0.500. The van der Waals surface area contributed by atoms with Crippen LogP contribution >= 0.6 is 14.5 Å². The Morgan fingerprint density at radius 3 is 2.51 bits per heavy atom. The van der Waals surface area contributed by atoms with Gasteiger partial charge in [-0.3, -0.25) is 37.6 Å². The van der Waals surface area contributed by atoms with Crippen molar-refractivity contribution in [2.75, 3.05) is 38.3 Å².